The molecule has 0 aliphatic rings. The van der Waals surface area contributed by atoms with E-state index in [9.17, 15) is 0 Å². The summed E-state index contributed by atoms with van der Waals surface area (Å²) in [6.07, 6.45) is 0. The van der Waals surface area contributed by atoms with Crippen molar-refractivity contribution < 1.29 is 13.9 Å². The van der Waals surface area contributed by atoms with Crippen LogP contribution in [0.1, 0.15) is 5.69 Å². The second-order valence-electron chi connectivity index (χ2n) is 5.82. The molecule has 0 N–H and O–H groups in total. The van der Waals surface area contributed by atoms with Gasteiger partial charge in [-0.25, -0.2) is 0 Å². The molecule has 26 heavy (non-hydrogen) atoms. The zero-order chi connectivity index (χ0) is 18.1. The molecule has 130 valence electrons. The largest absolute Gasteiger partial charge is 0.497 e. The molecule has 6 heteroatoms. The Bertz CT molecular complexity index is 1070. The first-order chi connectivity index (χ1) is 12.7. The fourth-order valence-electron chi connectivity index (χ4n) is 2.78. The Morgan fingerprint density at radius 2 is 1.50 bits per heavy atom. The number of hydrogen-bond donors (Lipinski definition) is 0. The normalized spacial score (nSPS) is 10.9. The third-order valence-corrected chi connectivity index (χ3v) is 4.20. The molecule has 0 amide bonds. The van der Waals surface area contributed by atoms with E-state index in [1.807, 2.05) is 55.5 Å². The Balaban J connectivity index is 1.75. The van der Waals surface area contributed by atoms with E-state index in [2.05, 4.69) is 15.2 Å². The van der Waals surface area contributed by atoms with Gasteiger partial charge in [0.25, 0.3) is 0 Å². The molecule has 0 atom stereocenters. The quantitative estimate of drug-likeness (QED) is 0.549. The van der Waals surface area contributed by atoms with Gasteiger partial charge in [-0.15, -0.1) is 10.2 Å². The Hall–Kier alpha value is -3.41. The number of ether oxygens (including phenoxy) is 2. The molecule has 0 saturated carbocycles. The fourth-order valence-corrected chi connectivity index (χ4v) is 2.78. The molecule has 6 nitrogen and oxygen atoms in total. The molecule has 0 unspecified atom stereocenters. The van der Waals surface area contributed by atoms with Gasteiger partial charge in [0.15, 0.2) is 0 Å². The van der Waals surface area contributed by atoms with Crippen LogP contribution >= 0.6 is 0 Å². The number of nitrogens with zero attached hydrogens (tertiary/aromatic N) is 3. The van der Waals surface area contributed by atoms with Crippen molar-refractivity contribution in [2.45, 2.75) is 6.92 Å². The number of methoxy groups -OCH3 is 2. The molecule has 2 heterocycles. The van der Waals surface area contributed by atoms with Crippen molar-refractivity contribution in [2.24, 2.45) is 0 Å². The molecule has 2 aromatic carbocycles. The average Bonchev–Trinajstić information content (AvgIpc) is 3.17. The number of rotatable bonds is 4. The van der Waals surface area contributed by atoms with Gasteiger partial charge < -0.3 is 13.9 Å². The van der Waals surface area contributed by atoms with Crippen LogP contribution in [-0.2, 0) is 0 Å². The van der Waals surface area contributed by atoms with Crippen LogP contribution in [0.4, 0.5) is 0 Å². The SMILES string of the molecule is COc1ccc(-c2nnc(-c3cc4cc(OC)ccc4nc3C)o2)cc1. The van der Waals surface area contributed by atoms with Crippen molar-refractivity contribution in [3.8, 4) is 34.4 Å². The van der Waals surface area contributed by atoms with Crippen molar-refractivity contribution >= 4 is 10.9 Å². The van der Waals surface area contributed by atoms with E-state index < -0.39 is 0 Å². The number of pyridine rings is 1. The maximum absolute atomic E-state index is 5.88. The summed E-state index contributed by atoms with van der Waals surface area (Å²) in [5.74, 6) is 2.44. The Morgan fingerprint density at radius 3 is 2.23 bits per heavy atom. The lowest BCUT2D eigenvalue weighted by Gasteiger charge is -2.06. The smallest absolute Gasteiger partial charge is 0.250 e. The number of benzene rings is 2. The average molecular weight is 347 g/mol. The first kappa shape index (κ1) is 16.1. The lowest BCUT2D eigenvalue weighted by atomic mass is 10.1. The Kier molecular flexibility index (Phi) is 4.01. The molecule has 0 fully saturated rings. The second kappa shape index (κ2) is 6.48. The van der Waals surface area contributed by atoms with Crippen LogP contribution in [0.5, 0.6) is 11.5 Å². The van der Waals surface area contributed by atoms with Crippen molar-refractivity contribution in [1.82, 2.24) is 15.2 Å². The fraction of sp³-hybridized carbons (Fsp3) is 0.150. The molecule has 0 spiro atoms. The molecule has 0 aliphatic heterocycles. The highest BCUT2D eigenvalue weighted by atomic mass is 16.5. The molecule has 0 saturated heterocycles. The Labute approximate surface area is 150 Å². The van der Waals surface area contributed by atoms with Gasteiger partial charge in [-0.05, 0) is 55.5 Å². The predicted octanol–water partition coefficient (Wildman–Crippen LogP) is 4.28. The van der Waals surface area contributed by atoms with Crippen molar-refractivity contribution in [1.29, 1.82) is 0 Å². The van der Waals surface area contributed by atoms with Gasteiger partial charge in [-0.1, -0.05) is 0 Å². The first-order valence-corrected chi connectivity index (χ1v) is 8.11. The standard InChI is InChI=1S/C20H17N3O3/c1-12-17(11-14-10-16(25-3)8-9-18(14)21-12)20-23-22-19(26-20)13-4-6-15(24-2)7-5-13/h4-11H,1-3H3. The highest BCUT2D eigenvalue weighted by molar-refractivity contribution is 5.84. The minimum absolute atomic E-state index is 0.436. The van der Waals surface area contributed by atoms with Crippen molar-refractivity contribution in [3.05, 3.63) is 54.2 Å². The summed E-state index contributed by atoms with van der Waals surface area (Å²) in [7, 11) is 3.27. The maximum Gasteiger partial charge on any atom is 0.250 e. The molecule has 0 radical (unpaired) electrons. The summed E-state index contributed by atoms with van der Waals surface area (Å²) in [4.78, 5) is 4.63. The van der Waals surface area contributed by atoms with Crippen LogP contribution in [0.25, 0.3) is 33.8 Å². The Morgan fingerprint density at radius 1 is 0.808 bits per heavy atom. The van der Waals surface area contributed by atoms with Gasteiger partial charge in [0, 0.05) is 10.9 Å². The molecular formula is C20H17N3O3. The summed E-state index contributed by atoms with van der Waals surface area (Å²) < 4.78 is 16.3. The third-order valence-electron chi connectivity index (χ3n) is 4.20. The molecule has 4 aromatic rings. The van der Waals surface area contributed by atoms with Gasteiger partial charge in [-0.2, -0.15) is 0 Å². The number of hydrogen-bond acceptors (Lipinski definition) is 6. The van der Waals surface area contributed by atoms with Gasteiger partial charge in [0.05, 0.1) is 31.0 Å². The lowest BCUT2D eigenvalue weighted by molar-refractivity contribution is 0.415. The van der Waals surface area contributed by atoms with E-state index in [-0.39, 0.29) is 0 Å². The number of aryl methyl sites for hydroxylation is 1. The summed E-state index contributed by atoms with van der Waals surface area (Å²) >= 11 is 0. The van der Waals surface area contributed by atoms with E-state index in [1.54, 1.807) is 14.2 Å². The van der Waals surface area contributed by atoms with Gasteiger partial charge in [0.1, 0.15) is 11.5 Å². The van der Waals surface area contributed by atoms with Crippen molar-refractivity contribution in [2.75, 3.05) is 14.2 Å². The first-order valence-electron chi connectivity index (χ1n) is 8.11. The highest BCUT2D eigenvalue weighted by Crippen LogP contribution is 2.30. The van der Waals surface area contributed by atoms with Crippen LogP contribution in [0.3, 0.4) is 0 Å². The molecule has 2 aromatic heterocycles. The zero-order valence-electron chi connectivity index (χ0n) is 14.7. The highest BCUT2D eigenvalue weighted by Gasteiger charge is 2.14. The van der Waals surface area contributed by atoms with Crippen LogP contribution in [0.15, 0.2) is 52.9 Å². The van der Waals surface area contributed by atoms with E-state index >= 15 is 0 Å². The van der Waals surface area contributed by atoms with Crippen LogP contribution < -0.4 is 9.47 Å². The van der Waals surface area contributed by atoms with Gasteiger partial charge in [0.2, 0.25) is 11.8 Å². The topological polar surface area (TPSA) is 70.3 Å². The third kappa shape index (κ3) is 2.86. The molecule has 0 bridgehead atoms. The van der Waals surface area contributed by atoms with E-state index in [0.717, 1.165) is 39.2 Å². The number of fused-ring (bicyclic) bond motifs is 1. The summed E-state index contributed by atoms with van der Waals surface area (Å²) in [6.45, 7) is 1.93. The summed E-state index contributed by atoms with van der Waals surface area (Å²) in [6, 6.07) is 15.2. The zero-order valence-corrected chi connectivity index (χ0v) is 14.7. The van der Waals surface area contributed by atoms with E-state index in [0.29, 0.717) is 11.8 Å². The molecule has 0 aliphatic carbocycles. The van der Waals surface area contributed by atoms with Crippen LogP contribution in [0.2, 0.25) is 0 Å². The van der Waals surface area contributed by atoms with Gasteiger partial charge >= 0.3 is 0 Å². The summed E-state index contributed by atoms with van der Waals surface area (Å²) in [5.41, 5.74) is 3.35. The second-order valence-corrected chi connectivity index (χ2v) is 5.82. The van der Waals surface area contributed by atoms with Crippen LogP contribution in [-0.4, -0.2) is 29.4 Å². The number of aromatic nitrogens is 3. The molecule has 4 rings (SSSR count). The minimum Gasteiger partial charge on any atom is -0.497 e. The molecular weight excluding hydrogens is 330 g/mol. The summed E-state index contributed by atoms with van der Waals surface area (Å²) in [5, 5.41) is 9.31. The predicted molar refractivity (Wildman–Crippen MR) is 98.3 cm³/mol. The maximum atomic E-state index is 5.88. The van der Waals surface area contributed by atoms with E-state index in [4.69, 9.17) is 13.9 Å². The van der Waals surface area contributed by atoms with Gasteiger partial charge in [-0.3, -0.25) is 4.98 Å². The van der Waals surface area contributed by atoms with Crippen molar-refractivity contribution in [3.63, 3.8) is 0 Å². The monoisotopic (exact) mass is 347 g/mol. The minimum atomic E-state index is 0.436. The van der Waals surface area contributed by atoms with E-state index in [1.165, 1.54) is 0 Å². The lowest BCUT2D eigenvalue weighted by Crippen LogP contribution is -1.91. The van der Waals surface area contributed by atoms with Crippen LogP contribution in [0, 0.1) is 6.92 Å².